The molecule has 0 radical (unpaired) electrons. The van der Waals surface area contributed by atoms with Gasteiger partial charge in [-0.15, -0.1) is 10.2 Å². The highest BCUT2D eigenvalue weighted by Crippen LogP contribution is 2.35. The zero-order chi connectivity index (χ0) is 19.1. The van der Waals surface area contributed by atoms with E-state index < -0.39 is 5.97 Å². The number of halogens is 2. The van der Waals surface area contributed by atoms with Crippen molar-refractivity contribution >= 4 is 34.8 Å². The van der Waals surface area contributed by atoms with E-state index in [1.54, 1.807) is 31.2 Å². The lowest BCUT2D eigenvalue weighted by Crippen LogP contribution is -2.10. The van der Waals surface area contributed by atoms with Gasteiger partial charge in [0.05, 0.1) is 11.3 Å². The predicted octanol–water partition coefficient (Wildman–Crippen LogP) is 4.77. The molecule has 2 aromatic carbocycles. The van der Waals surface area contributed by atoms with Gasteiger partial charge in [0.1, 0.15) is 5.69 Å². The Bertz CT molecular complexity index is 1170. The van der Waals surface area contributed by atoms with Gasteiger partial charge >= 0.3 is 5.97 Å². The summed E-state index contributed by atoms with van der Waals surface area (Å²) in [7, 11) is 0. The van der Waals surface area contributed by atoms with Crippen LogP contribution >= 0.6 is 23.2 Å². The maximum atomic E-state index is 11.4. The lowest BCUT2D eigenvalue weighted by atomic mass is 10.0. The number of rotatable bonds is 3. The first-order valence-corrected chi connectivity index (χ1v) is 8.72. The summed E-state index contributed by atoms with van der Waals surface area (Å²) in [6.45, 7) is 1.65. The fourth-order valence-electron chi connectivity index (χ4n) is 2.90. The summed E-state index contributed by atoms with van der Waals surface area (Å²) < 4.78 is 1.50. The normalized spacial score (nSPS) is 11.1. The van der Waals surface area contributed by atoms with E-state index in [1.807, 2.05) is 24.3 Å². The number of aromatic nitrogens is 4. The molecule has 2 heterocycles. The highest BCUT2D eigenvalue weighted by Gasteiger charge is 2.22. The van der Waals surface area contributed by atoms with E-state index in [0.29, 0.717) is 27.1 Å². The Morgan fingerprint density at radius 2 is 1.48 bits per heavy atom. The summed E-state index contributed by atoms with van der Waals surface area (Å²) in [6, 6.07) is 14.5. The van der Waals surface area contributed by atoms with E-state index in [4.69, 9.17) is 23.2 Å². The van der Waals surface area contributed by atoms with Gasteiger partial charge in [0.2, 0.25) is 0 Å². The van der Waals surface area contributed by atoms with Crippen molar-refractivity contribution in [3.63, 3.8) is 0 Å². The Morgan fingerprint density at radius 3 is 2.04 bits per heavy atom. The topological polar surface area (TPSA) is 80.4 Å². The molecule has 0 aliphatic carbocycles. The molecule has 0 unspecified atom stereocenters. The molecule has 0 aliphatic rings. The molecule has 6 nitrogen and oxygen atoms in total. The van der Waals surface area contributed by atoms with Gasteiger partial charge in [0, 0.05) is 15.6 Å². The number of aryl methyl sites for hydroxylation is 1. The Balaban J connectivity index is 2.06. The van der Waals surface area contributed by atoms with Crippen LogP contribution in [0.25, 0.3) is 28.0 Å². The zero-order valence-electron chi connectivity index (χ0n) is 14.0. The molecule has 0 saturated heterocycles. The Kier molecular flexibility index (Phi) is 4.30. The lowest BCUT2D eigenvalue weighted by molar-refractivity contribution is 0.0687. The van der Waals surface area contributed by atoms with Crippen molar-refractivity contribution in [1.82, 2.24) is 19.8 Å². The standard InChI is InChI=1S/C19H12Cl2N4O2/c1-10-16(19(26)27)22-23-18-15(11-2-6-13(20)7-3-11)17(24-25(10)18)12-4-8-14(21)9-5-12/h2-9H,1H3,(H,26,27). The second-order valence-electron chi connectivity index (χ2n) is 5.91. The lowest BCUT2D eigenvalue weighted by Gasteiger charge is -2.04. The minimum Gasteiger partial charge on any atom is -0.476 e. The van der Waals surface area contributed by atoms with E-state index in [9.17, 15) is 9.90 Å². The van der Waals surface area contributed by atoms with Crippen LogP contribution in [0.3, 0.4) is 0 Å². The molecule has 0 fully saturated rings. The van der Waals surface area contributed by atoms with Crippen LogP contribution in [0.1, 0.15) is 16.2 Å². The highest BCUT2D eigenvalue weighted by atomic mass is 35.5. The fourth-order valence-corrected chi connectivity index (χ4v) is 3.15. The van der Waals surface area contributed by atoms with Crippen molar-refractivity contribution in [3.8, 4) is 22.4 Å². The molecule has 8 heteroatoms. The quantitative estimate of drug-likeness (QED) is 0.537. The SMILES string of the molecule is Cc1c(C(=O)O)nnc2c(-c3ccc(Cl)cc3)c(-c3ccc(Cl)cc3)nn12. The van der Waals surface area contributed by atoms with Crippen LogP contribution in [-0.2, 0) is 0 Å². The Hall–Kier alpha value is -2.96. The molecule has 0 atom stereocenters. The largest absolute Gasteiger partial charge is 0.476 e. The molecular weight excluding hydrogens is 387 g/mol. The molecule has 1 N–H and O–H groups in total. The van der Waals surface area contributed by atoms with Gasteiger partial charge in [-0.25, -0.2) is 9.31 Å². The second-order valence-corrected chi connectivity index (χ2v) is 6.78. The molecule has 4 aromatic rings. The minimum atomic E-state index is -1.15. The smallest absolute Gasteiger partial charge is 0.358 e. The van der Waals surface area contributed by atoms with Crippen molar-refractivity contribution in [2.75, 3.05) is 0 Å². The van der Waals surface area contributed by atoms with Gasteiger partial charge in [0.15, 0.2) is 11.3 Å². The molecule has 2 aromatic heterocycles. The first kappa shape index (κ1) is 17.5. The third kappa shape index (κ3) is 3.03. The van der Waals surface area contributed by atoms with Crippen LogP contribution in [0.4, 0.5) is 0 Å². The molecule has 0 aliphatic heterocycles. The molecule has 27 heavy (non-hydrogen) atoms. The number of carboxylic acids is 1. The maximum absolute atomic E-state index is 11.4. The van der Waals surface area contributed by atoms with Crippen molar-refractivity contribution in [2.45, 2.75) is 6.92 Å². The maximum Gasteiger partial charge on any atom is 0.358 e. The van der Waals surface area contributed by atoms with Gasteiger partial charge in [-0.05, 0) is 36.8 Å². The summed E-state index contributed by atoms with van der Waals surface area (Å²) in [6.07, 6.45) is 0. The number of fused-ring (bicyclic) bond motifs is 1. The number of carbonyl (C=O) groups is 1. The van der Waals surface area contributed by atoms with Crippen molar-refractivity contribution in [1.29, 1.82) is 0 Å². The number of hydrogen-bond donors (Lipinski definition) is 1. The van der Waals surface area contributed by atoms with E-state index in [-0.39, 0.29) is 5.69 Å². The van der Waals surface area contributed by atoms with Gasteiger partial charge in [0.25, 0.3) is 0 Å². The number of carboxylic acid groups (broad SMARTS) is 1. The average Bonchev–Trinajstić information content (AvgIpc) is 3.03. The van der Waals surface area contributed by atoms with Crippen LogP contribution in [0.15, 0.2) is 48.5 Å². The number of nitrogens with zero attached hydrogens (tertiary/aromatic N) is 4. The first-order valence-electron chi connectivity index (χ1n) is 7.97. The van der Waals surface area contributed by atoms with Gasteiger partial charge in [-0.2, -0.15) is 5.10 Å². The van der Waals surface area contributed by atoms with Crippen LogP contribution in [-0.4, -0.2) is 30.9 Å². The van der Waals surface area contributed by atoms with Gasteiger partial charge < -0.3 is 5.11 Å². The van der Waals surface area contributed by atoms with Gasteiger partial charge in [-0.3, -0.25) is 0 Å². The van der Waals surface area contributed by atoms with Crippen molar-refractivity contribution in [3.05, 3.63) is 70.0 Å². The van der Waals surface area contributed by atoms with Crippen molar-refractivity contribution in [2.24, 2.45) is 0 Å². The van der Waals surface area contributed by atoms with E-state index in [2.05, 4.69) is 15.3 Å². The average molecular weight is 399 g/mol. The number of benzene rings is 2. The Morgan fingerprint density at radius 1 is 0.926 bits per heavy atom. The van der Waals surface area contributed by atoms with Crippen LogP contribution < -0.4 is 0 Å². The molecule has 134 valence electrons. The molecular formula is C19H12Cl2N4O2. The van der Waals surface area contributed by atoms with Crippen molar-refractivity contribution < 1.29 is 9.90 Å². The van der Waals surface area contributed by atoms with Gasteiger partial charge in [-0.1, -0.05) is 47.5 Å². The molecule has 0 saturated carbocycles. The van der Waals surface area contributed by atoms with Crippen LogP contribution in [0.2, 0.25) is 10.0 Å². The molecule has 4 rings (SSSR count). The Labute approximate surface area is 164 Å². The third-order valence-corrected chi connectivity index (χ3v) is 4.72. The molecule has 0 amide bonds. The van der Waals surface area contributed by atoms with E-state index in [1.165, 1.54) is 4.52 Å². The first-order chi connectivity index (χ1) is 13.0. The zero-order valence-corrected chi connectivity index (χ0v) is 15.5. The summed E-state index contributed by atoms with van der Waals surface area (Å²) in [4.78, 5) is 11.4. The number of hydrogen-bond acceptors (Lipinski definition) is 4. The second kappa shape index (κ2) is 6.64. The van der Waals surface area contributed by atoms with E-state index in [0.717, 1.165) is 16.7 Å². The summed E-state index contributed by atoms with van der Waals surface area (Å²) in [5.74, 6) is -1.15. The summed E-state index contributed by atoms with van der Waals surface area (Å²) in [5, 5.41) is 23.2. The molecule has 0 spiro atoms. The predicted molar refractivity (Wildman–Crippen MR) is 103 cm³/mol. The van der Waals surface area contributed by atoms with Crippen LogP contribution in [0.5, 0.6) is 0 Å². The summed E-state index contributed by atoms with van der Waals surface area (Å²) in [5.41, 5.74) is 3.76. The summed E-state index contributed by atoms with van der Waals surface area (Å²) >= 11 is 12.0. The monoisotopic (exact) mass is 398 g/mol. The fraction of sp³-hybridized carbons (Fsp3) is 0.0526. The molecule has 0 bridgehead atoms. The number of aromatic carboxylic acids is 1. The highest BCUT2D eigenvalue weighted by molar-refractivity contribution is 6.31. The minimum absolute atomic E-state index is 0.143. The van der Waals surface area contributed by atoms with Crippen LogP contribution in [0, 0.1) is 6.92 Å². The van der Waals surface area contributed by atoms with E-state index >= 15 is 0 Å². The third-order valence-electron chi connectivity index (χ3n) is 4.22.